The van der Waals surface area contributed by atoms with Crippen molar-refractivity contribution in [1.82, 2.24) is 5.32 Å². The van der Waals surface area contributed by atoms with E-state index in [1.54, 1.807) is 12.1 Å². The maximum absolute atomic E-state index is 12.9. The summed E-state index contributed by atoms with van der Waals surface area (Å²) >= 11 is 5.64. The van der Waals surface area contributed by atoms with Crippen LogP contribution in [0.4, 0.5) is 4.39 Å². The molecule has 0 bridgehead atoms. The molecule has 1 unspecified atom stereocenters. The first-order valence-electron chi connectivity index (χ1n) is 5.04. The Morgan fingerprint density at radius 1 is 1.47 bits per heavy atom. The maximum atomic E-state index is 12.9. The molecule has 6 heteroatoms. The molecule has 1 N–H and O–H groups in total. The molecule has 1 aromatic rings. The zero-order valence-electron chi connectivity index (χ0n) is 8.86. The largest absolute Gasteiger partial charge is 0.305 e. The van der Waals surface area contributed by atoms with E-state index in [9.17, 15) is 12.8 Å². The topological polar surface area (TPSA) is 46.2 Å². The second-order valence-electron chi connectivity index (χ2n) is 3.89. The van der Waals surface area contributed by atoms with E-state index in [0.29, 0.717) is 6.54 Å². The standard InChI is InChI=1S/C11H11ClFNO2S/c12-10-5-8(1-2-11(10)13)6-14-9-3-4-17(15,16)7-9/h1-5,9,14H,6-7H2. The first-order valence-corrected chi connectivity index (χ1v) is 7.14. The van der Waals surface area contributed by atoms with Crippen LogP contribution in [0.1, 0.15) is 5.56 Å². The number of sulfone groups is 1. The highest BCUT2D eigenvalue weighted by Crippen LogP contribution is 2.16. The van der Waals surface area contributed by atoms with Crippen LogP contribution in [0.5, 0.6) is 0 Å². The molecule has 0 amide bonds. The van der Waals surface area contributed by atoms with Gasteiger partial charge in [-0.25, -0.2) is 12.8 Å². The molecule has 0 aromatic heterocycles. The van der Waals surface area contributed by atoms with Crippen molar-refractivity contribution in [2.75, 3.05) is 5.75 Å². The van der Waals surface area contributed by atoms with Crippen LogP contribution in [0.15, 0.2) is 29.7 Å². The molecule has 1 aliphatic heterocycles. The maximum Gasteiger partial charge on any atom is 0.173 e. The Labute approximate surface area is 104 Å². The SMILES string of the molecule is O=S1(=O)C=CC(NCc2ccc(F)c(Cl)c2)C1. The number of hydrogen-bond acceptors (Lipinski definition) is 3. The fourth-order valence-electron chi connectivity index (χ4n) is 1.60. The van der Waals surface area contributed by atoms with Gasteiger partial charge in [-0.2, -0.15) is 0 Å². The van der Waals surface area contributed by atoms with Crippen LogP contribution < -0.4 is 5.32 Å². The van der Waals surface area contributed by atoms with Crippen LogP contribution in [0.2, 0.25) is 5.02 Å². The van der Waals surface area contributed by atoms with Crippen molar-refractivity contribution in [2.24, 2.45) is 0 Å². The number of nitrogens with one attached hydrogen (secondary N) is 1. The van der Waals surface area contributed by atoms with Gasteiger partial charge < -0.3 is 5.32 Å². The summed E-state index contributed by atoms with van der Waals surface area (Å²) in [6, 6.07) is 4.24. The minimum absolute atomic E-state index is 0.0684. The van der Waals surface area contributed by atoms with Crippen molar-refractivity contribution in [3.63, 3.8) is 0 Å². The van der Waals surface area contributed by atoms with E-state index in [4.69, 9.17) is 11.6 Å². The van der Waals surface area contributed by atoms with Crippen LogP contribution in [0, 0.1) is 5.82 Å². The van der Waals surface area contributed by atoms with Gasteiger partial charge >= 0.3 is 0 Å². The first kappa shape index (κ1) is 12.5. The highest BCUT2D eigenvalue weighted by Gasteiger charge is 2.20. The Morgan fingerprint density at radius 2 is 2.24 bits per heavy atom. The Morgan fingerprint density at radius 3 is 2.82 bits per heavy atom. The monoisotopic (exact) mass is 275 g/mol. The van der Waals surface area contributed by atoms with E-state index < -0.39 is 15.7 Å². The molecular weight excluding hydrogens is 265 g/mol. The zero-order chi connectivity index (χ0) is 12.5. The fourth-order valence-corrected chi connectivity index (χ4v) is 3.07. The summed E-state index contributed by atoms with van der Waals surface area (Å²) in [6.45, 7) is 0.449. The average molecular weight is 276 g/mol. The average Bonchev–Trinajstić information content (AvgIpc) is 2.60. The van der Waals surface area contributed by atoms with Crippen LogP contribution in [-0.4, -0.2) is 20.2 Å². The summed E-state index contributed by atoms with van der Waals surface area (Å²) in [7, 11) is -3.04. The van der Waals surface area contributed by atoms with Crippen molar-refractivity contribution >= 4 is 21.4 Å². The van der Waals surface area contributed by atoms with Gasteiger partial charge in [-0.15, -0.1) is 0 Å². The molecule has 17 heavy (non-hydrogen) atoms. The van der Waals surface area contributed by atoms with Gasteiger partial charge in [-0.1, -0.05) is 23.7 Å². The Hall–Kier alpha value is -0.910. The lowest BCUT2D eigenvalue weighted by atomic mass is 10.2. The summed E-state index contributed by atoms with van der Waals surface area (Å²) in [5, 5.41) is 4.33. The van der Waals surface area contributed by atoms with Gasteiger partial charge in [0, 0.05) is 18.0 Å². The summed E-state index contributed by atoms with van der Waals surface area (Å²) in [5.74, 6) is -0.388. The van der Waals surface area contributed by atoms with E-state index >= 15 is 0 Å². The van der Waals surface area contributed by atoms with Crippen LogP contribution >= 0.6 is 11.6 Å². The van der Waals surface area contributed by atoms with Crippen LogP contribution in [0.3, 0.4) is 0 Å². The number of rotatable bonds is 3. The fraction of sp³-hybridized carbons (Fsp3) is 0.273. The summed E-state index contributed by atoms with van der Waals surface area (Å²) in [4.78, 5) is 0. The third-order valence-electron chi connectivity index (χ3n) is 2.48. The number of hydrogen-bond donors (Lipinski definition) is 1. The van der Waals surface area contributed by atoms with E-state index in [1.165, 1.54) is 17.5 Å². The predicted octanol–water partition coefficient (Wildman–Crippen LogP) is 1.88. The first-order chi connectivity index (χ1) is 7.96. The minimum Gasteiger partial charge on any atom is -0.305 e. The molecule has 0 saturated heterocycles. The van der Waals surface area contributed by atoms with Crippen molar-refractivity contribution in [3.05, 3.63) is 46.1 Å². The molecule has 2 rings (SSSR count). The van der Waals surface area contributed by atoms with Crippen molar-refractivity contribution < 1.29 is 12.8 Å². The number of halogens is 2. The third-order valence-corrected chi connectivity index (χ3v) is 4.17. The quantitative estimate of drug-likeness (QED) is 0.916. The van der Waals surface area contributed by atoms with Gasteiger partial charge in [0.2, 0.25) is 0 Å². The molecule has 92 valence electrons. The summed E-state index contributed by atoms with van der Waals surface area (Å²) in [5.41, 5.74) is 0.814. The Balaban J connectivity index is 1.95. The van der Waals surface area contributed by atoms with Gasteiger partial charge in [0.1, 0.15) is 5.82 Å². The lowest BCUT2D eigenvalue weighted by molar-refractivity contribution is 0.590. The number of benzene rings is 1. The second-order valence-corrected chi connectivity index (χ2v) is 6.23. The molecule has 1 aromatic carbocycles. The van der Waals surface area contributed by atoms with E-state index in [-0.39, 0.29) is 16.8 Å². The minimum atomic E-state index is -3.04. The molecule has 3 nitrogen and oxygen atoms in total. The molecule has 0 radical (unpaired) electrons. The molecule has 1 atom stereocenters. The lowest BCUT2D eigenvalue weighted by Gasteiger charge is -2.10. The molecule has 0 fully saturated rings. The summed E-state index contributed by atoms with van der Waals surface area (Å²) < 4.78 is 35.2. The second kappa shape index (κ2) is 4.76. The molecular formula is C11H11ClFNO2S. The zero-order valence-corrected chi connectivity index (χ0v) is 10.4. The van der Waals surface area contributed by atoms with Crippen molar-refractivity contribution in [2.45, 2.75) is 12.6 Å². The van der Waals surface area contributed by atoms with E-state index in [0.717, 1.165) is 5.56 Å². The molecule has 1 heterocycles. The van der Waals surface area contributed by atoms with Crippen molar-refractivity contribution in [3.8, 4) is 0 Å². The van der Waals surface area contributed by atoms with Crippen LogP contribution in [0.25, 0.3) is 0 Å². The highest BCUT2D eigenvalue weighted by atomic mass is 35.5. The van der Waals surface area contributed by atoms with Gasteiger partial charge in [0.25, 0.3) is 0 Å². The predicted molar refractivity (Wildman–Crippen MR) is 65.0 cm³/mol. The lowest BCUT2D eigenvalue weighted by Crippen LogP contribution is -2.29. The molecule has 0 spiro atoms. The molecule has 0 saturated carbocycles. The highest BCUT2D eigenvalue weighted by molar-refractivity contribution is 7.94. The Bertz CT molecular complexity index is 557. The molecule has 0 aliphatic carbocycles. The van der Waals surface area contributed by atoms with Crippen LogP contribution in [-0.2, 0) is 16.4 Å². The van der Waals surface area contributed by atoms with Gasteiger partial charge in [0.05, 0.1) is 10.8 Å². The third kappa shape index (κ3) is 3.28. The van der Waals surface area contributed by atoms with Gasteiger partial charge in [0.15, 0.2) is 9.84 Å². The van der Waals surface area contributed by atoms with Gasteiger partial charge in [-0.05, 0) is 17.7 Å². The smallest absolute Gasteiger partial charge is 0.173 e. The van der Waals surface area contributed by atoms with E-state index in [2.05, 4.69) is 5.32 Å². The summed E-state index contributed by atoms with van der Waals surface area (Å²) in [6.07, 6.45) is 1.61. The van der Waals surface area contributed by atoms with Gasteiger partial charge in [-0.3, -0.25) is 0 Å². The molecule has 1 aliphatic rings. The van der Waals surface area contributed by atoms with E-state index in [1.807, 2.05) is 0 Å². The normalized spacial score (nSPS) is 21.9. The van der Waals surface area contributed by atoms with Crippen molar-refractivity contribution in [1.29, 1.82) is 0 Å². The Kier molecular flexibility index (Phi) is 3.51.